The number of nitrogens with one attached hydrogen (secondary N) is 1. The number of carbonyl (C=O) groups is 1. The lowest BCUT2D eigenvalue weighted by atomic mass is 9.97. The summed E-state index contributed by atoms with van der Waals surface area (Å²) < 4.78 is 48.2. The van der Waals surface area contributed by atoms with Crippen LogP contribution in [0.3, 0.4) is 0 Å². The average Bonchev–Trinajstić information content (AvgIpc) is 3.14. The molecular formula is C31H29N3O7S. The molecule has 7 rings (SSSR count). The van der Waals surface area contributed by atoms with Gasteiger partial charge in [0.1, 0.15) is 11.9 Å². The molecular weight excluding hydrogens is 558 g/mol. The minimum Gasteiger partial charge on any atom is -0.492 e. The summed E-state index contributed by atoms with van der Waals surface area (Å²) in [6.07, 6.45) is 2.59. The molecule has 0 unspecified atom stereocenters. The number of fused-ring (bicyclic) bond motifs is 3. The fourth-order valence-corrected chi connectivity index (χ4v) is 6.79. The van der Waals surface area contributed by atoms with Crippen LogP contribution in [0, 0.1) is 0 Å². The van der Waals surface area contributed by atoms with E-state index >= 15 is 0 Å². The first kappa shape index (κ1) is 27.0. The lowest BCUT2D eigenvalue weighted by Gasteiger charge is -2.34. The van der Waals surface area contributed by atoms with Gasteiger partial charge in [-0.2, -0.15) is 0 Å². The highest BCUT2D eigenvalue weighted by Gasteiger charge is 2.30. The van der Waals surface area contributed by atoms with Crippen molar-refractivity contribution in [3.05, 3.63) is 83.2 Å². The fourth-order valence-electron chi connectivity index (χ4n) is 5.40. The smallest absolute Gasteiger partial charge is 0.251 e. The Labute approximate surface area is 242 Å². The molecule has 5 heterocycles. The van der Waals surface area contributed by atoms with Crippen molar-refractivity contribution in [3.8, 4) is 17.0 Å². The third-order valence-corrected chi connectivity index (χ3v) is 9.49. The monoisotopic (exact) mass is 587 g/mol. The van der Waals surface area contributed by atoms with Crippen molar-refractivity contribution in [3.63, 3.8) is 0 Å². The van der Waals surface area contributed by atoms with Crippen molar-refractivity contribution in [2.75, 3.05) is 32.2 Å². The molecule has 3 aliphatic heterocycles. The van der Waals surface area contributed by atoms with Gasteiger partial charge in [-0.15, -0.1) is 0 Å². The maximum atomic E-state index is 12.9. The highest BCUT2D eigenvalue weighted by atomic mass is 32.2. The molecule has 4 aromatic rings. The average molecular weight is 588 g/mol. The van der Waals surface area contributed by atoms with Crippen molar-refractivity contribution < 1.29 is 32.2 Å². The molecule has 3 aliphatic rings. The van der Waals surface area contributed by atoms with E-state index in [-0.39, 0.29) is 54.1 Å². The van der Waals surface area contributed by atoms with E-state index in [1.165, 1.54) is 6.07 Å². The Bertz CT molecular complexity index is 1790. The second kappa shape index (κ2) is 11.1. The number of nitrogens with zero attached hydrogens (tertiary/aromatic N) is 2. The van der Waals surface area contributed by atoms with Crippen LogP contribution in [-0.2, 0) is 37.2 Å². The summed E-state index contributed by atoms with van der Waals surface area (Å²) in [4.78, 5) is 22.5. The maximum Gasteiger partial charge on any atom is 0.251 e. The molecule has 216 valence electrons. The topological polar surface area (TPSA) is 126 Å². The lowest BCUT2D eigenvalue weighted by molar-refractivity contribution is -0.161. The molecule has 1 N–H and O–H groups in total. The summed E-state index contributed by atoms with van der Waals surface area (Å²) in [5, 5.41) is 3.71. The zero-order chi connectivity index (χ0) is 28.7. The van der Waals surface area contributed by atoms with Gasteiger partial charge in [0.25, 0.3) is 5.91 Å². The van der Waals surface area contributed by atoms with Crippen LogP contribution < -0.4 is 10.1 Å². The maximum absolute atomic E-state index is 12.9. The van der Waals surface area contributed by atoms with E-state index in [2.05, 4.69) is 10.3 Å². The molecule has 0 bridgehead atoms. The van der Waals surface area contributed by atoms with Gasteiger partial charge < -0.3 is 24.3 Å². The minimum atomic E-state index is -3.51. The Morgan fingerprint density at radius 1 is 1.05 bits per heavy atom. The number of aromatic nitrogens is 2. The number of benzene rings is 2. The molecule has 2 aromatic heterocycles. The van der Waals surface area contributed by atoms with E-state index in [4.69, 9.17) is 23.9 Å². The number of para-hydroxylation sites is 1. The number of rotatable bonds is 6. The van der Waals surface area contributed by atoms with E-state index in [1.807, 2.05) is 36.4 Å². The number of sulfone groups is 1. The van der Waals surface area contributed by atoms with Crippen LogP contribution in [0.1, 0.15) is 39.7 Å². The van der Waals surface area contributed by atoms with Crippen molar-refractivity contribution in [1.29, 1.82) is 0 Å². The molecule has 0 saturated carbocycles. The summed E-state index contributed by atoms with van der Waals surface area (Å²) in [6.45, 7) is 2.30. The van der Waals surface area contributed by atoms with Gasteiger partial charge in [0.2, 0.25) is 0 Å². The molecule has 0 radical (unpaired) electrons. The standard InChI is InChI=1S/C31H29N3O7S/c35-31(19-4-5-21-16-38-10-11-42(36,37)29(21)12-19)33-15-22-13-27-20(14-32-22)6-7-26(34-27)24-2-1-3-25-28(8-9-40-30(24)25)41-23-17-39-18-23/h1-7,12-14,23,28H,8-11,15-18H2,(H,33,35)/t28-/m0/s1. The van der Waals surface area contributed by atoms with E-state index in [1.54, 1.807) is 18.3 Å². The van der Waals surface area contributed by atoms with Gasteiger partial charge in [-0.25, -0.2) is 13.4 Å². The molecule has 2 aromatic carbocycles. The van der Waals surface area contributed by atoms with Gasteiger partial charge >= 0.3 is 0 Å². The van der Waals surface area contributed by atoms with Crippen LogP contribution >= 0.6 is 0 Å². The van der Waals surface area contributed by atoms with E-state index in [0.717, 1.165) is 39.9 Å². The zero-order valence-corrected chi connectivity index (χ0v) is 23.6. The van der Waals surface area contributed by atoms with Crippen LogP contribution in [-0.4, -0.2) is 62.6 Å². The summed E-state index contributed by atoms with van der Waals surface area (Å²) in [5.74, 6) is 0.292. The Hall–Kier alpha value is -3.90. The van der Waals surface area contributed by atoms with E-state index in [9.17, 15) is 13.2 Å². The third kappa shape index (κ3) is 5.24. The molecule has 1 atom stereocenters. The van der Waals surface area contributed by atoms with Crippen LogP contribution in [0.25, 0.3) is 22.2 Å². The van der Waals surface area contributed by atoms with Crippen LogP contribution in [0.15, 0.2) is 65.7 Å². The lowest BCUT2D eigenvalue weighted by Crippen LogP contribution is -2.38. The number of ether oxygens (including phenoxy) is 4. The minimum absolute atomic E-state index is 0.0459. The molecule has 11 heteroatoms. The molecule has 10 nitrogen and oxygen atoms in total. The first-order valence-electron chi connectivity index (χ1n) is 13.9. The number of hydrogen-bond donors (Lipinski definition) is 1. The van der Waals surface area contributed by atoms with Gasteiger partial charge in [0, 0.05) is 34.7 Å². The second-order valence-corrected chi connectivity index (χ2v) is 12.7. The van der Waals surface area contributed by atoms with E-state index < -0.39 is 9.84 Å². The fraction of sp³-hybridized carbons (Fsp3) is 0.323. The summed E-state index contributed by atoms with van der Waals surface area (Å²) in [5.41, 5.74) is 4.86. The summed E-state index contributed by atoms with van der Waals surface area (Å²) in [7, 11) is -3.51. The normalized spacial score (nSPS) is 19.6. The Morgan fingerprint density at radius 2 is 1.95 bits per heavy atom. The summed E-state index contributed by atoms with van der Waals surface area (Å²) >= 11 is 0. The quantitative estimate of drug-likeness (QED) is 0.359. The molecule has 0 aliphatic carbocycles. The largest absolute Gasteiger partial charge is 0.492 e. The Morgan fingerprint density at radius 3 is 2.81 bits per heavy atom. The molecule has 42 heavy (non-hydrogen) atoms. The zero-order valence-electron chi connectivity index (χ0n) is 22.7. The van der Waals surface area contributed by atoms with Crippen molar-refractivity contribution in [1.82, 2.24) is 15.3 Å². The predicted octanol–water partition coefficient (Wildman–Crippen LogP) is 3.77. The van der Waals surface area contributed by atoms with Gasteiger partial charge in [-0.05, 0) is 42.0 Å². The summed E-state index contributed by atoms with van der Waals surface area (Å²) in [6, 6.07) is 16.5. The number of hydrogen-bond acceptors (Lipinski definition) is 9. The SMILES string of the molecule is O=C(NCc1cc2nc(-c3cccc4c3OCC[C@@H]4OC3COC3)ccc2cn1)c1ccc2c(c1)S(=O)(=O)CCOC2. The van der Waals surface area contributed by atoms with Crippen LogP contribution in [0.4, 0.5) is 0 Å². The Balaban J connectivity index is 1.11. The van der Waals surface area contributed by atoms with Crippen molar-refractivity contribution in [2.45, 2.75) is 36.7 Å². The van der Waals surface area contributed by atoms with Crippen molar-refractivity contribution >= 4 is 26.6 Å². The third-order valence-electron chi connectivity index (χ3n) is 7.74. The highest BCUT2D eigenvalue weighted by molar-refractivity contribution is 7.91. The van der Waals surface area contributed by atoms with Gasteiger partial charge in [0.05, 0.1) is 73.2 Å². The van der Waals surface area contributed by atoms with Crippen molar-refractivity contribution in [2.24, 2.45) is 0 Å². The van der Waals surface area contributed by atoms with Gasteiger partial charge in [-0.1, -0.05) is 18.2 Å². The van der Waals surface area contributed by atoms with Gasteiger partial charge in [0.15, 0.2) is 9.84 Å². The van der Waals surface area contributed by atoms with Gasteiger partial charge in [-0.3, -0.25) is 9.78 Å². The second-order valence-electron chi connectivity index (χ2n) is 10.6. The highest BCUT2D eigenvalue weighted by Crippen LogP contribution is 2.42. The molecule has 1 saturated heterocycles. The number of carbonyl (C=O) groups excluding carboxylic acids is 1. The molecule has 1 fully saturated rings. The number of pyridine rings is 2. The Kier molecular flexibility index (Phi) is 7.10. The first-order chi connectivity index (χ1) is 20.4. The first-order valence-corrected chi connectivity index (χ1v) is 15.6. The van der Waals surface area contributed by atoms with Crippen LogP contribution in [0.2, 0.25) is 0 Å². The molecule has 0 spiro atoms. The predicted molar refractivity (Wildman–Crippen MR) is 153 cm³/mol. The molecule has 1 amide bonds. The van der Waals surface area contributed by atoms with Crippen LogP contribution in [0.5, 0.6) is 5.75 Å². The van der Waals surface area contributed by atoms with E-state index in [0.29, 0.717) is 31.1 Å². The number of amides is 1.